The largest absolute Gasteiger partial charge is 0.378 e. The summed E-state index contributed by atoms with van der Waals surface area (Å²) in [6.07, 6.45) is 4.15. The molecule has 4 heterocycles. The SMILES string of the molecule is Cc1nc(CN2CCCC(N(C)c3ccnc(N4CCOCC4)n3)C2)no1. The minimum absolute atomic E-state index is 0.402. The molecule has 1 unspecified atom stereocenters. The van der Waals surface area contributed by atoms with Gasteiger partial charge < -0.3 is 19.1 Å². The van der Waals surface area contributed by atoms with E-state index >= 15 is 0 Å². The van der Waals surface area contributed by atoms with Crippen molar-refractivity contribution in [1.29, 1.82) is 0 Å². The Morgan fingerprint density at radius 1 is 1.22 bits per heavy atom. The molecule has 146 valence electrons. The van der Waals surface area contributed by atoms with Gasteiger partial charge in [-0.2, -0.15) is 9.97 Å². The fraction of sp³-hybridized carbons (Fsp3) is 0.667. The van der Waals surface area contributed by atoms with Crippen molar-refractivity contribution in [2.75, 3.05) is 56.2 Å². The van der Waals surface area contributed by atoms with Crippen LogP contribution < -0.4 is 9.80 Å². The van der Waals surface area contributed by atoms with Crippen LogP contribution in [0.2, 0.25) is 0 Å². The van der Waals surface area contributed by atoms with Crippen molar-refractivity contribution in [3.05, 3.63) is 24.0 Å². The topological polar surface area (TPSA) is 83.7 Å². The van der Waals surface area contributed by atoms with Gasteiger partial charge in [-0.1, -0.05) is 5.16 Å². The summed E-state index contributed by atoms with van der Waals surface area (Å²) >= 11 is 0. The molecule has 2 aliphatic rings. The molecule has 2 aromatic rings. The lowest BCUT2D eigenvalue weighted by atomic mass is 10.0. The van der Waals surface area contributed by atoms with E-state index in [1.807, 2.05) is 19.2 Å². The third-order valence-electron chi connectivity index (χ3n) is 5.25. The molecule has 27 heavy (non-hydrogen) atoms. The quantitative estimate of drug-likeness (QED) is 0.765. The predicted octanol–water partition coefficient (Wildman–Crippen LogP) is 1.11. The molecule has 2 aromatic heterocycles. The van der Waals surface area contributed by atoms with Gasteiger partial charge in [0.1, 0.15) is 5.82 Å². The van der Waals surface area contributed by atoms with Crippen molar-refractivity contribution in [3.63, 3.8) is 0 Å². The average Bonchev–Trinajstić information content (AvgIpc) is 3.13. The number of rotatable bonds is 5. The van der Waals surface area contributed by atoms with Crippen LogP contribution in [0, 0.1) is 6.92 Å². The highest BCUT2D eigenvalue weighted by molar-refractivity contribution is 5.44. The number of aromatic nitrogens is 4. The van der Waals surface area contributed by atoms with Gasteiger partial charge in [-0.25, -0.2) is 4.98 Å². The van der Waals surface area contributed by atoms with Crippen molar-refractivity contribution in [2.24, 2.45) is 0 Å². The van der Waals surface area contributed by atoms with Gasteiger partial charge in [0.25, 0.3) is 0 Å². The molecule has 0 N–H and O–H groups in total. The third-order valence-corrected chi connectivity index (χ3v) is 5.25. The van der Waals surface area contributed by atoms with Gasteiger partial charge in [0, 0.05) is 45.8 Å². The second-order valence-electron chi connectivity index (χ2n) is 7.19. The minimum Gasteiger partial charge on any atom is -0.378 e. The summed E-state index contributed by atoms with van der Waals surface area (Å²) in [6.45, 7) is 7.72. The van der Waals surface area contributed by atoms with Crippen LogP contribution >= 0.6 is 0 Å². The molecule has 2 fully saturated rings. The molecule has 0 saturated carbocycles. The lowest BCUT2D eigenvalue weighted by Crippen LogP contribution is -2.46. The molecule has 0 aliphatic carbocycles. The molecule has 9 nitrogen and oxygen atoms in total. The van der Waals surface area contributed by atoms with E-state index in [0.717, 1.165) is 76.4 Å². The summed E-state index contributed by atoms with van der Waals surface area (Å²) in [4.78, 5) is 20.4. The fourth-order valence-corrected chi connectivity index (χ4v) is 3.73. The van der Waals surface area contributed by atoms with Gasteiger partial charge in [-0.05, 0) is 25.5 Å². The van der Waals surface area contributed by atoms with Gasteiger partial charge in [-0.15, -0.1) is 0 Å². The number of aryl methyl sites for hydroxylation is 1. The first kappa shape index (κ1) is 18.1. The van der Waals surface area contributed by atoms with Crippen molar-refractivity contribution >= 4 is 11.8 Å². The molecule has 0 spiro atoms. The van der Waals surface area contributed by atoms with E-state index in [9.17, 15) is 0 Å². The molecular formula is C18H27N7O2. The Hall–Kier alpha value is -2.26. The zero-order valence-corrected chi connectivity index (χ0v) is 16.0. The number of hydrogen-bond acceptors (Lipinski definition) is 9. The zero-order valence-electron chi connectivity index (χ0n) is 16.0. The Labute approximate surface area is 159 Å². The van der Waals surface area contributed by atoms with Crippen LogP contribution in [0.5, 0.6) is 0 Å². The molecule has 9 heteroatoms. The number of ether oxygens (including phenoxy) is 1. The lowest BCUT2D eigenvalue weighted by Gasteiger charge is -2.38. The van der Waals surface area contributed by atoms with Crippen LogP contribution in [0.1, 0.15) is 24.6 Å². The maximum Gasteiger partial charge on any atom is 0.227 e. The van der Waals surface area contributed by atoms with Gasteiger partial charge >= 0.3 is 0 Å². The molecule has 0 amide bonds. The Kier molecular flexibility index (Phi) is 5.49. The summed E-state index contributed by atoms with van der Waals surface area (Å²) in [5.41, 5.74) is 0. The first-order chi connectivity index (χ1) is 13.2. The molecule has 4 rings (SSSR count). The van der Waals surface area contributed by atoms with Gasteiger partial charge in [0.2, 0.25) is 11.8 Å². The van der Waals surface area contributed by atoms with Gasteiger partial charge in [-0.3, -0.25) is 4.90 Å². The maximum absolute atomic E-state index is 5.43. The first-order valence-electron chi connectivity index (χ1n) is 9.59. The summed E-state index contributed by atoms with van der Waals surface area (Å²) in [6, 6.07) is 2.39. The highest BCUT2D eigenvalue weighted by Gasteiger charge is 2.25. The maximum atomic E-state index is 5.43. The Balaban J connectivity index is 1.41. The number of morpholine rings is 1. The summed E-state index contributed by atoms with van der Waals surface area (Å²) in [5.74, 6) is 3.13. The minimum atomic E-state index is 0.402. The summed E-state index contributed by atoms with van der Waals surface area (Å²) in [5, 5.41) is 4.02. The molecular weight excluding hydrogens is 346 g/mol. The molecule has 0 bridgehead atoms. The van der Waals surface area contributed by atoms with Crippen molar-refractivity contribution in [1.82, 2.24) is 25.0 Å². The van der Waals surface area contributed by atoms with Crippen LogP contribution in [0.25, 0.3) is 0 Å². The highest BCUT2D eigenvalue weighted by atomic mass is 16.5. The predicted molar refractivity (Wildman–Crippen MR) is 101 cm³/mol. The number of anilines is 2. The van der Waals surface area contributed by atoms with E-state index in [1.165, 1.54) is 0 Å². The van der Waals surface area contributed by atoms with E-state index in [0.29, 0.717) is 11.9 Å². The first-order valence-corrected chi connectivity index (χ1v) is 9.59. The van der Waals surface area contributed by atoms with Crippen LogP contribution in [0.4, 0.5) is 11.8 Å². The van der Waals surface area contributed by atoms with E-state index in [1.54, 1.807) is 0 Å². The number of likely N-dealkylation sites (N-methyl/N-ethyl adjacent to an activating group) is 1. The number of piperidine rings is 1. The number of nitrogens with zero attached hydrogens (tertiary/aromatic N) is 7. The molecule has 0 radical (unpaired) electrons. The van der Waals surface area contributed by atoms with Crippen LogP contribution in [-0.2, 0) is 11.3 Å². The summed E-state index contributed by atoms with van der Waals surface area (Å²) in [7, 11) is 2.12. The molecule has 1 atom stereocenters. The van der Waals surface area contributed by atoms with E-state index in [2.05, 4.69) is 36.9 Å². The Morgan fingerprint density at radius 2 is 2.07 bits per heavy atom. The average molecular weight is 373 g/mol. The number of likely N-dealkylation sites (tertiary alicyclic amines) is 1. The molecule has 2 saturated heterocycles. The third kappa shape index (κ3) is 4.36. The van der Waals surface area contributed by atoms with Crippen LogP contribution in [0.3, 0.4) is 0 Å². The second-order valence-corrected chi connectivity index (χ2v) is 7.19. The Morgan fingerprint density at radius 3 is 2.85 bits per heavy atom. The smallest absolute Gasteiger partial charge is 0.227 e. The van der Waals surface area contributed by atoms with E-state index in [4.69, 9.17) is 14.2 Å². The normalized spacial score (nSPS) is 21.4. The van der Waals surface area contributed by atoms with Gasteiger partial charge in [0.15, 0.2) is 5.82 Å². The van der Waals surface area contributed by atoms with Crippen LogP contribution in [-0.4, -0.2) is 77.5 Å². The Bertz CT molecular complexity index is 747. The highest BCUT2D eigenvalue weighted by Crippen LogP contribution is 2.22. The van der Waals surface area contributed by atoms with Crippen molar-refractivity contribution in [2.45, 2.75) is 32.4 Å². The standard InChI is InChI=1S/C18H27N7O2/c1-14-20-16(22-27-14)13-24-7-3-4-15(12-24)23(2)17-5-6-19-18(21-17)25-8-10-26-11-9-25/h5-6,15H,3-4,7-13H2,1-2H3. The summed E-state index contributed by atoms with van der Waals surface area (Å²) < 4.78 is 10.5. The number of hydrogen-bond donors (Lipinski definition) is 0. The van der Waals surface area contributed by atoms with Gasteiger partial charge in [0.05, 0.1) is 19.8 Å². The lowest BCUT2D eigenvalue weighted by molar-refractivity contribution is 0.122. The van der Waals surface area contributed by atoms with Crippen LogP contribution in [0.15, 0.2) is 16.8 Å². The van der Waals surface area contributed by atoms with E-state index < -0.39 is 0 Å². The van der Waals surface area contributed by atoms with Crippen molar-refractivity contribution < 1.29 is 9.26 Å². The monoisotopic (exact) mass is 373 g/mol. The molecule has 0 aromatic carbocycles. The fourth-order valence-electron chi connectivity index (χ4n) is 3.73. The second kappa shape index (κ2) is 8.18. The van der Waals surface area contributed by atoms with Crippen molar-refractivity contribution in [3.8, 4) is 0 Å². The molecule has 2 aliphatic heterocycles. The van der Waals surface area contributed by atoms with E-state index in [-0.39, 0.29) is 0 Å². The zero-order chi connectivity index (χ0) is 18.6.